The summed E-state index contributed by atoms with van der Waals surface area (Å²) in [7, 11) is 0. The van der Waals surface area contributed by atoms with Crippen molar-refractivity contribution in [3.63, 3.8) is 0 Å². The van der Waals surface area contributed by atoms with Crippen molar-refractivity contribution in [3.8, 4) is 6.07 Å². The predicted molar refractivity (Wildman–Crippen MR) is 87.9 cm³/mol. The molecule has 0 radical (unpaired) electrons. The minimum Gasteiger partial charge on any atom is -0.368 e. The van der Waals surface area contributed by atoms with Crippen molar-refractivity contribution in [3.05, 3.63) is 58.9 Å². The summed E-state index contributed by atoms with van der Waals surface area (Å²) in [5.41, 5.74) is 2.86. The van der Waals surface area contributed by atoms with Crippen LogP contribution in [0.1, 0.15) is 11.1 Å². The van der Waals surface area contributed by atoms with Gasteiger partial charge in [0.1, 0.15) is 6.07 Å². The average Bonchev–Trinajstić information content (AvgIpc) is 2.56. The van der Waals surface area contributed by atoms with Crippen LogP contribution in [0.4, 0.5) is 5.69 Å². The molecule has 0 unspecified atom stereocenters. The largest absolute Gasteiger partial charge is 0.368 e. The molecule has 0 aliphatic carbocycles. The Morgan fingerprint density at radius 1 is 1.18 bits per heavy atom. The number of nitrogens with zero attached hydrogens (tertiary/aromatic N) is 4. The predicted octanol–water partition coefficient (Wildman–Crippen LogP) is 2.93. The average molecular weight is 313 g/mol. The molecule has 2 heterocycles. The highest BCUT2D eigenvalue weighted by atomic mass is 35.5. The first-order valence-electron chi connectivity index (χ1n) is 7.32. The second-order valence-corrected chi connectivity index (χ2v) is 5.83. The minimum atomic E-state index is 0.607. The molecular formula is C17H17ClN4. The topological polar surface area (TPSA) is 43.2 Å². The van der Waals surface area contributed by atoms with E-state index in [9.17, 15) is 5.26 Å². The SMILES string of the molecule is N#Cc1cc(Cl)ccc1N1CCN(Cc2cccnc2)CC1. The van der Waals surface area contributed by atoms with Gasteiger partial charge in [0.2, 0.25) is 0 Å². The number of aromatic nitrogens is 1. The second-order valence-electron chi connectivity index (χ2n) is 5.40. The third-order valence-electron chi connectivity index (χ3n) is 3.92. The maximum atomic E-state index is 9.27. The first kappa shape index (κ1) is 14.8. The van der Waals surface area contributed by atoms with Gasteiger partial charge >= 0.3 is 0 Å². The molecule has 0 saturated carbocycles. The van der Waals surface area contributed by atoms with Crippen LogP contribution < -0.4 is 4.90 Å². The van der Waals surface area contributed by atoms with Gasteiger partial charge in [0.15, 0.2) is 0 Å². The zero-order valence-corrected chi connectivity index (χ0v) is 13.0. The molecule has 2 aromatic rings. The van der Waals surface area contributed by atoms with E-state index in [1.165, 1.54) is 5.56 Å². The zero-order valence-electron chi connectivity index (χ0n) is 12.2. The molecule has 5 heteroatoms. The van der Waals surface area contributed by atoms with Crippen molar-refractivity contribution in [1.29, 1.82) is 5.26 Å². The highest BCUT2D eigenvalue weighted by Crippen LogP contribution is 2.25. The van der Waals surface area contributed by atoms with E-state index in [1.807, 2.05) is 24.4 Å². The lowest BCUT2D eigenvalue weighted by Gasteiger charge is -2.36. The van der Waals surface area contributed by atoms with E-state index >= 15 is 0 Å². The van der Waals surface area contributed by atoms with Gasteiger partial charge in [-0.3, -0.25) is 9.88 Å². The Labute approximate surface area is 135 Å². The molecule has 1 fully saturated rings. The van der Waals surface area contributed by atoms with Crippen molar-refractivity contribution in [2.24, 2.45) is 0 Å². The van der Waals surface area contributed by atoms with Gasteiger partial charge in [-0.15, -0.1) is 0 Å². The molecule has 0 atom stereocenters. The highest BCUT2D eigenvalue weighted by Gasteiger charge is 2.19. The van der Waals surface area contributed by atoms with Crippen LogP contribution in [-0.4, -0.2) is 36.1 Å². The first-order chi connectivity index (χ1) is 10.8. The highest BCUT2D eigenvalue weighted by molar-refractivity contribution is 6.30. The third kappa shape index (κ3) is 3.38. The Morgan fingerprint density at radius 2 is 2.00 bits per heavy atom. The van der Waals surface area contributed by atoms with E-state index in [0.717, 1.165) is 38.4 Å². The summed E-state index contributed by atoms with van der Waals surface area (Å²) >= 11 is 5.96. The van der Waals surface area contributed by atoms with Crippen LogP contribution in [0.3, 0.4) is 0 Å². The number of anilines is 1. The van der Waals surface area contributed by atoms with Gasteiger partial charge in [-0.05, 0) is 29.8 Å². The number of nitriles is 1. The molecule has 4 nitrogen and oxygen atoms in total. The van der Waals surface area contributed by atoms with Crippen molar-refractivity contribution < 1.29 is 0 Å². The molecule has 22 heavy (non-hydrogen) atoms. The van der Waals surface area contributed by atoms with Crippen molar-refractivity contribution >= 4 is 17.3 Å². The molecule has 0 bridgehead atoms. The number of rotatable bonds is 3. The summed E-state index contributed by atoms with van der Waals surface area (Å²) in [4.78, 5) is 8.83. The summed E-state index contributed by atoms with van der Waals surface area (Å²) in [6, 6.07) is 11.8. The van der Waals surface area contributed by atoms with Gasteiger partial charge < -0.3 is 4.90 Å². The number of hydrogen-bond acceptors (Lipinski definition) is 4. The van der Waals surface area contributed by atoms with Crippen LogP contribution in [0, 0.1) is 11.3 Å². The Balaban J connectivity index is 1.64. The summed E-state index contributed by atoms with van der Waals surface area (Å²) in [6.45, 7) is 4.70. The van der Waals surface area contributed by atoms with Gasteiger partial charge in [-0.25, -0.2) is 0 Å². The fourth-order valence-electron chi connectivity index (χ4n) is 2.77. The van der Waals surface area contributed by atoms with Gasteiger partial charge in [0, 0.05) is 50.1 Å². The van der Waals surface area contributed by atoms with E-state index in [1.54, 1.807) is 12.3 Å². The number of piperazine rings is 1. The van der Waals surface area contributed by atoms with Crippen molar-refractivity contribution in [2.75, 3.05) is 31.1 Å². The van der Waals surface area contributed by atoms with E-state index < -0.39 is 0 Å². The molecule has 1 aromatic carbocycles. The van der Waals surface area contributed by atoms with Gasteiger partial charge in [0.05, 0.1) is 11.3 Å². The Morgan fingerprint density at radius 3 is 2.68 bits per heavy atom. The van der Waals surface area contributed by atoms with Crippen LogP contribution in [0.15, 0.2) is 42.7 Å². The molecule has 1 aliphatic rings. The summed E-state index contributed by atoms with van der Waals surface area (Å²) in [5, 5.41) is 9.87. The number of pyridine rings is 1. The Hall–Kier alpha value is -2.09. The molecule has 0 N–H and O–H groups in total. The van der Waals surface area contributed by atoms with E-state index in [2.05, 4.69) is 26.9 Å². The van der Waals surface area contributed by atoms with Crippen LogP contribution in [0.5, 0.6) is 0 Å². The lowest BCUT2D eigenvalue weighted by atomic mass is 10.1. The first-order valence-corrected chi connectivity index (χ1v) is 7.70. The summed E-state index contributed by atoms with van der Waals surface area (Å²) < 4.78 is 0. The molecular weight excluding hydrogens is 296 g/mol. The van der Waals surface area contributed by atoms with Crippen LogP contribution in [-0.2, 0) is 6.54 Å². The Kier molecular flexibility index (Phi) is 4.57. The number of halogens is 1. The molecule has 0 amide bonds. The monoisotopic (exact) mass is 312 g/mol. The van der Waals surface area contributed by atoms with Crippen molar-refractivity contribution in [1.82, 2.24) is 9.88 Å². The van der Waals surface area contributed by atoms with Crippen LogP contribution >= 0.6 is 11.6 Å². The molecule has 1 aromatic heterocycles. The maximum absolute atomic E-state index is 9.27. The summed E-state index contributed by atoms with van der Waals surface area (Å²) in [5.74, 6) is 0. The van der Waals surface area contributed by atoms with Crippen LogP contribution in [0.2, 0.25) is 5.02 Å². The van der Waals surface area contributed by atoms with Crippen LogP contribution in [0.25, 0.3) is 0 Å². The smallest absolute Gasteiger partial charge is 0.101 e. The number of hydrogen-bond donors (Lipinski definition) is 0. The lowest BCUT2D eigenvalue weighted by molar-refractivity contribution is 0.249. The standard InChI is InChI=1S/C17H17ClN4/c18-16-3-4-17(15(10-16)11-19)22-8-6-21(7-9-22)13-14-2-1-5-20-12-14/h1-5,10,12H,6-9,13H2. The maximum Gasteiger partial charge on any atom is 0.101 e. The molecule has 1 saturated heterocycles. The fourth-order valence-corrected chi connectivity index (χ4v) is 2.94. The van der Waals surface area contributed by atoms with E-state index in [0.29, 0.717) is 10.6 Å². The zero-order chi connectivity index (χ0) is 15.4. The lowest BCUT2D eigenvalue weighted by Crippen LogP contribution is -2.46. The third-order valence-corrected chi connectivity index (χ3v) is 4.16. The molecule has 112 valence electrons. The van der Waals surface area contributed by atoms with Gasteiger partial charge in [0.25, 0.3) is 0 Å². The quantitative estimate of drug-likeness (QED) is 0.874. The number of benzene rings is 1. The van der Waals surface area contributed by atoms with Gasteiger partial charge in [-0.2, -0.15) is 5.26 Å². The van der Waals surface area contributed by atoms with Crippen molar-refractivity contribution in [2.45, 2.75) is 6.54 Å². The van der Waals surface area contributed by atoms with E-state index in [-0.39, 0.29) is 0 Å². The fraction of sp³-hybridized carbons (Fsp3) is 0.294. The molecule has 3 rings (SSSR count). The molecule has 0 spiro atoms. The minimum absolute atomic E-state index is 0.607. The summed E-state index contributed by atoms with van der Waals surface area (Å²) in [6.07, 6.45) is 3.71. The Bertz CT molecular complexity index is 673. The van der Waals surface area contributed by atoms with Gasteiger partial charge in [-0.1, -0.05) is 17.7 Å². The second kappa shape index (κ2) is 6.78. The molecule has 1 aliphatic heterocycles. The normalized spacial score (nSPS) is 15.5. The van der Waals surface area contributed by atoms with E-state index in [4.69, 9.17) is 11.6 Å².